The fraction of sp³-hybridized carbons (Fsp3) is 0.533. The van der Waals surface area contributed by atoms with Crippen LogP contribution in [0.25, 0.3) is 0 Å². The number of rotatable bonds is 2. The summed E-state index contributed by atoms with van der Waals surface area (Å²) in [6, 6.07) is 1.24. The van der Waals surface area contributed by atoms with E-state index < -0.39 is 0 Å². The van der Waals surface area contributed by atoms with Crippen LogP contribution in [0.3, 0.4) is 0 Å². The normalized spacial score (nSPS) is 23.2. The summed E-state index contributed by atoms with van der Waals surface area (Å²) in [5.41, 5.74) is 0.714. The van der Waals surface area contributed by atoms with Crippen molar-refractivity contribution in [1.29, 1.82) is 0 Å². The Bertz CT molecular complexity index is 526. The van der Waals surface area contributed by atoms with Crippen molar-refractivity contribution in [2.24, 2.45) is 11.0 Å². The van der Waals surface area contributed by atoms with Crippen molar-refractivity contribution in [3.8, 4) is 0 Å². The average Bonchev–Trinajstić information content (AvgIpc) is 2.97. The molecule has 1 aromatic rings. The molecule has 20 heavy (non-hydrogen) atoms. The van der Waals surface area contributed by atoms with Gasteiger partial charge in [0.05, 0.1) is 12.2 Å². The van der Waals surface area contributed by atoms with Gasteiger partial charge in [0.15, 0.2) is 0 Å². The van der Waals surface area contributed by atoms with Crippen LogP contribution in [0, 0.1) is 11.7 Å². The molecule has 1 fully saturated rings. The molecule has 1 atom stereocenters. The van der Waals surface area contributed by atoms with E-state index in [0.717, 1.165) is 25.7 Å². The van der Waals surface area contributed by atoms with E-state index in [1.165, 1.54) is 23.7 Å². The summed E-state index contributed by atoms with van der Waals surface area (Å²) in [5.74, 6) is -0.227. The van der Waals surface area contributed by atoms with Crippen LogP contribution in [0.15, 0.2) is 23.6 Å². The number of halogens is 1. The van der Waals surface area contributed by atoms with Crippen LogP contribution >= 0.6 is 0 Å². The Labute approximate surface area is 117 Å². The second-order valence-corrected chi connectivity index (χ2v) is 5.50. The van der Waals surface area contributed by atoms with Gasteiger partial charge in [-0.25, -0.2) is 9.40 Å². The highest BCUT2D eigenvalue weighted by Gasteiger charge is 2.33. The molecule has 1 saturated carbocycles. The molecule has 1 aromatic heterocycles. The van der Waals surface area contributed by atoms with Crippen LogP contribution in [0.2, 0.25) is 0 Å². The maximum Gasteiger partial charge on any atom is 0.246 e. The molecule has 1 aliphatic heterocycles. The van der Waals surface area contributed by atoms with E-state index in [9.17, 15) is 9.18 Å². The van der Waals surface area contributed by atoms with Crippen molar-refractivity contribution in [3.63, 3.8) is 0 Å². The fourth-order valence-corrected chi connectivity index (χ4v) is 3.05. The topological polar surface area (TPSA) is 45.6 Å². The number of aromatic nitrogens is 1. The van der Waals surface area contributed by atoms with E-state index in [4.69, 9.17) is 0 Å². The van der Waals surface area contributed by atoms with Gasteiger partial charge in [0.1, 0.15) is 5.82 Å². The standard InChI is InChI=1S/C15H18FN3O/c16-13-8-12(9-17-10-13)14-6-7-18-19(14)15(20)11-4-2-1-3-5-11/h7-11,14H,1-6H2. The Kier molecular flexibility index (Phi) is 3.76. The van der Waals surface area contributed by atoms with Crippen molar-refractivity contribution in [2.45, 2.75) is 44.6 Å². The van der Waals surface area contributed by atoms with Gasteiger partial charge < -0.3 is 0 Å². The van der Waals surface area contributed by atoms with E-state index in [2.05, 4.69) is 10.1 Å². The molecule has 0 saturated heterocycles. The first-order chi connectivity index (χ1) is 9.75. The summed E-state index contributed by atoms with van der Waals surface area (Å²) in [5, 5.41) is 5.74. The van der Waals surface area contributed by atoms with Crippen molar-refractivity contribution in [2.75, 3.05) is 0 Å². The number of pyridine rings is 1. The summed E-state index contributed by atoms with van der Waals surface area (Å²) >= 11 is 0. The quantitative estimate of drug-likeness (QED) is 0.832. The lowest BCUT2D eigenvalue weighted by Crippen LogP contribution is -2.34. The zero-order chi connectivity index (χ0) is 13.9. The predicted molar refractivity (Wildman–Crippen MR) is 73.5 cm³/mol. The molecule has 0 aromatic carbocycles. The molecule has 0 spiro atoms. The van der Waals surface area contributed by atoms with E-state index in [0.29, 0.717) is 12.0 Å². The minimum absolute atomic E-state index is 0.0722. The van der Waals surface area contributed by atoms with Crippen LogP contribution in [0.5, 0.6) is 0 Å². The summed E-state index contributed by atoms with van der Waals surface area (Å²) < 4.78 is 13.3. The van der Waals surface area contributed by atoms with E-state index in [1.807, 2.05) is 0 Å². The third-order valence-corrected chi connectivity index (χ3v) is 4.12. The minimum Gasteiger partial charge on any atom is -0.273 e. The van der Waals surface area contributed by atoms with Gasteiger partial charge in [-0.15, -0.1) is 0 Å². The van der Waals surface area contributed by atoms with Gasteiger partial charge in [0.2, 0.25) is 5.91 Å². The average molecular weight is 275 g/mol. The Hall–Kier alpha value is -1.78. The number of hydrogen-bond donors (Lipinski definition) is 0. The molecule has 1 aliphatic carbocycles. The van der Waals surface area contributed by atoms with Crippen molar-refractivity contribution < 1.29 is 9.18 Å². The highest BCUT2D eigenvalue weighted by atomic mass is 19.1. The Morgan fingerprint density at radius 3 is 2.80 bits per heavy atom. The molecule has 1 unspecified atom stereocenters. The van der Waals surface area contributed by atoms with E-state index in [1.54, 1.807) is 12.4 Å². The second-order valence-electron chi connectivity index (χ2n) is 5.50. The van der Waals surface area contributed by atoms with Gasteiger partial charge >= 0.3 is 0 Å². The number of hydrogen-bond acceptors (Lipinski definition) is 3. The zero-order valence-corrected chi connectivity index (χ0v) is 11.3. The molecule has 4 nitrogen and oxygen atoms in total. The van der Waals surface area contributed by atoms with Crippen LogP contribution in [0.1, 0.15) is 50.1 Å². The zero-order valence-electron chi connectivity index (χ0n) is 11.3. The lowest BCUT2D eigenvalue weighted by atomic mass is 9.88. The van der Waals surface area contributed by atoms with Crippen molar-refractivity contribution in [1.82, 2.24) is 9.99 Å². The molecule has 0 radical (unpaired) electrons. The van der Waals surface area contributed by atoms with Gasteiger partial charge in [0.25, 0.3) is 0 Å². The van der Waals surface area contributed by atoms with E-state index >= 15 is 0 Å². The first-order valence-electron chi connectivity index (χ1n) is 7.21. The van der Waals surface area contributed by atoms with Crippen LogP contribution in [-0.2, 0) is 4.79 Å². The molecule has 2 aliphatic rings. The van der Waals surface area contributed by atoms with Gasteiger partial charge in [-0.3, -0.25) is 9.78 Å². The Morgan fingerprint density at radius 1 is 1.25 bits per heavy atom. The number of carbonyl (C=O) groups excluding carboxylic acids is 1. The van der Waals surface area contributed by atoms with Crippen molar-refractivity contribution >= 4 is 12.1 Å². The lowest BCUT2D eigenvalue weighted by molar-refractivity contribution is -0.138. The summed E-state index contributed by atoms with van der Waals surface area (Å²) in [7, 11) is 0. The van der Waals surface area contributed by atoms with Crippen LogP contribution in [-0.4, -0.2) is 22.1 Å². The second kappa shape index (κ2) is 5.69. The smallest absolute Gasteiger partial charge is 0.246 e. The Morgan fingerprint density at radius 2 is 2.05 bits per heavy atom. The van der Waals surface area contributed by atoms with Crippen LogP contribution in [0.4, 0.5) is 4.39 Å². The van der Waals surface area contributed by atoms with Gasteiger partial charge in [0, 0.05) is 24.8 Å². The maximum absolute atomic E-state index is 13.3. The largest absolute Gasteiger partial charge is 0.273 e. The summed E-state index contributed by atoms with van der Waals surface area (Å²) in [6.07, 6.45) is 10.5. The summed E-state index contributed by atoms with van der Waals surface area (Å²) in [4.78, 5) is 16.4. The van der Waals surface area contributed by atoms with E-state index in [-0.39, 0.29) is 23.7 Å². The highest BCUT2D eigenvalue weighted by molar-refractivity contribution is 5.82. The fourth-order valence-electron chi connectivity index (χ4n) is 3.05. The van der Waals surface area contributed by atoms with Gasteiger partial charge in [-0.05, 0) is 24.5 Å². The highest BCUT2D eigenvalue weighted by Crippen LogP contribution is 2.33. The van der Waals surface area contributed by atoms with Gasteiger partial charge in [-0.1, -0.05) is 19.3 Å². The SMILES string of the molecule is O=C(C1CCCCC1)N1N=CCC1c1cncc(F)c1. The van der Waals surface area contributed by atoms with Crippen LogP contribution < -0.4 is 0 Å². The molecule has 106 valence electrons. The molecule has 2 heterocycles. The first kappa shape index (κ1) is 13.2. The molecule has 0 N–H and O–H groups in total. The number of hydrazone groups is 1. The molecule has 5 heteroatoms. The maximum atomic E-state index is 13.3. The first-order valence-corrected chi connectivity index (χ1v) is 7.21. The number of carbonyl (C=O) groups is 1. The molecule has 0 bridgehead atoms. The third kappa shape index (κ3) is 2.57. The van der Waals surface area contributed by atoms with Gasteiger partial charge in [-0.2, -0.15) is 5.10 Å². The molecular formula is C15H18FN3O. The monoisotopic (exact) mass is 275 g/mol. The molecular weight excluding hydrogens is 257 g/mol. The minimum atomic E-state index is -0.375. The molecule has 3 rings (SSSR count). The number of nitrogens with zero attached hydrogens (tertiary/aromatic N) is 3. The number of amides is 1. The summed E-state index contributed by atoms with van der Waals surface area (Å²) in [6.45, 7) is 0. The molecule has 1 amide bonds. The predicted octanol–water partition coefficient (Wildman–Crippen LogP) is 3.06. The third-order valence-electron chi connectivity index (χ3n) is 4.12. The Balaban J connectivity index is 1.77. The lowest BCUT2D eigenvalue weighted by Gasteiger charge is -2.28. The van der Waals surface area contributed by atoms with Crippen molar-refractivity contribution in [3.05, 3.63) is 29.8 Å².